The van der Waals surface area contributed by atoms with Gasteiger partial charge in [-0.25, -0.2) is 0 Å². The molecule has 2 rings (SSSR count). The van der Waals surface area contributed by atoms with E-state index in [9.17, 15) is 0 Å². The number of hydrogen-bond acceptors (Lipinski definition) is 2. The molecule has 2 heteroatoms. The third-order valence-electron chi connectivity index (χ3n) is 3.51. The highest BCUT2D eigenvalue weighted by Crippen LogP contribution is 2.23. The van der Waals surface area contributed by atoms with Crippen LogP contribution in [0.25, 0.3) is 0 Å². The van der Waals surface area contributed by atoms with Crippen LogP contribution >= 0.6 is 0 Å². The van der Waals surface area contributed by atoms with E-state index in [1.807, 2.05) is 0 Å². The van der Waals surface area contributed by atoms with Gasteiger partial charge in [-0.15, -0.1) is 0 Å². The molecule has 0 bridgehead atoms. The second-order valence-electron chi connectivity index (χ2n) is 5.01. The Bertz CT molecular complexity index is 430. The fourth-order valence-corrected chi connectivity index (χ4v) is 2.41. The van der Waals surface area contributed by atoms with Crippen molar-refractivity contribution in [3.8, 4) is 0 Å². The third-order valence-corrected chi connectivity index (χ3v) is 3.51. The molecule has 0 aliphatic carbocycles. The predicted molar refractivity (Wildman–Crippen MR) is 83.9 cm³/mol. The molecule has 20 heavy (non-hydrogen) atoms. The van der Waals surface area contributed by atoms with Gasteiger partial charge < -0.3 is 10.4 Å². The fraction of sp³-hybridized carbons (Fsp3) is 0.333. The number of nitrogens with one attached hydrogen (secondary N) is 1. The van der Waals surface area contributed by atoms with Crippen molar-refractivity contribution in [3.63, 3.8) is 0 Å². The Morgan fingerprint density at radius 2 is 1.35 bits per heavy atom. The van der Waals surface area contributed by atoms with Gasteiger partial charge in [-0.2, -0.15) is 0 Å². The van der Waals surface area contributed by atoms with E-state index >= 15 is 0 Å². The monoisotopic (exact) mass is 269 g/mol. The van der Waals surface area contributed by atoms with Crippen LogP contribution in [0.5, 0.6) is 0 Å². The maximum absolute atomic E-state index is 8.80. The molecule has 2 nitrogen and oxygen atoms in total. The zero-order chi connectivity index (χ0) is 14.0. The first kappa shape index (κ1) is 14.8. The highest BCUT2D eigenvalue weighted by molar-refractivity contribution is 5.32. The Labute approximate surface area is 121 Å². The van der Waals surface area contributed by atoms with E-state index < -0.39 is 0 Å². The van der Waals surface area contributed by atoms with Gasteiger partial charge in [-0.3, -0.25) is 0 Å². The number of aliphatic hydroxyl groups excluding tert-OH is 1. The van der Waals surface area contributed by atoms with Gasteiger partial charge in [0.25, 0.3) is 0 Å². The van der Waals surface area contributed by atoms with Crippen LogP contribution in [-0.2, 0) is 0 Å². The first-order valence-electron chi connectivity index (χ1n) is 7.33. The molecule has 106 valence electrons. The number of benzene rings is 2. The Morgan fingerprint density at radius 3 is 1.85 bits per heavy atom. The maximum atomic E-state index is 8.80. The Morgan fingerprint density at radius 1 is 0.800 bits per heavy atom. The number of rotatable bonds is 8. The summed E-state index contributed by atoms with van der Waals surface area (Å²) < 4.78 is 0. The summed E-state index contributed by atoms with van der Waals surface area (Å²) in [6.45, 7) is 2.17. The van der Waals surface area contributed by atoms with Crippen molar-refractivity contribution < 1.29 is 5.11 Å². The van der Waals surface area contributed by atoms with Crippen LogP contribution in [0.2, 0.25) is 0 Å². The molecule has 0 radical (unpaired) electrons. The van der Waals surface area contributed by atoms with Gasteiger partial charge in [-0.05, 0) is 30.5 Å². The zero-order valence-electron chi connectivity index (χ0n) is 11.8. The van der Waals surface area contributed by atoms with Gasteiger partial charge >= 0.3 is 0 Å². The summed E-state index contributed by atoms with van der Waals surface area (Å²) in [5, 5.41) is 12.3. The minimum atomic E-state index is 0.280. The fourth-order valence-electron chi connectivity index (χ4n) is 2.41. The van der Waals surface area contributed by atoms with Crippen LogP contribution in [0.1, 0.15) is 29.9 Å². The second-order valence-corrected chi connectivity index (χ2v) is 5.01. The molecule has 0 aromatic heterocycles. The molecule has 0 spiro atoms. The van der Waals surface area contributed by atoms with Gasteiger partial charge in [0, 0.05) is 19.1 Å². The van der Waals surface area contributed by atoms with Crippen molar-refractivity contribution in [1.29, 1.82) is 0 Å². The smallest absolute Gasteiger partial charge is 0.0431 e. The molecule has 0 aliphatic rings. The predicted octanol–water partition coefficient (Wildman–Crippen LogP) is 3.18. The molecule has 0 fully saturated rings. The van der Waals surface area contributed by atoms with E-state index in [1.54, 1.807) is 0 Å². The normalized spacial score (nSPS) is 10.9. The van der Waals surface area contributed by atoms with Crippen LogP contribution in [0.4, 0.5) is 0 Å². The van der Waals surface area contributed by atoms with Crippen LogP contribution in [0.15, 0.2) is 60.7 Å². The molecule has 2 aromatic carbocycles. The summed E-state index contributed by atoms with van der Waals surface area (Å²) in [6.07, 6.45) is 1.89. The first-order valence-corrected chi connectivity index (χ1v) is 7.33. The van der Waals surface area contributed by atoms with Crippen LogP contribution in [0.3, 0.4) is 0 Å². The molecule has 0 heterocycles. The van der Waals surface area contributed by atoms with Crippen molar-refractivity contribution in [3.05, 3.63) is 71.8 Å². The van der Waals surface area contributed by atoms with Crippen molar-refractivity contribution in [1.82, 2.24) is 5.32 Å². The van der Waals surface area contributed by atoms with Crippen molar-refractivity contribution >= 4 is 0 Å². The minimum absolute atomic E-state index is 0.280. The summed E-state index contributed by atoms with van der Waals surface area (Å²) >= 11 is 0. The molecule has 0 saturated carbocycles. The zero-order valence-corrected chi connectivity index (χ0v) is 11.8. The summed E-state index contributed by atoms with van der Waals surface area (Å²) in [4.78, 5) is 0. The largest absolute Gasteiger partial charge is 0.396 e. The molecular weight excluding hydrogens is 246 g/mol. The number of unbranched alkanes of at least 4 members (excludes halogenated alkanes) is 1. The molecule has 2 N–H and O–H groups in total. The summed E-state index contributed by atoms with van der Waals surface area (Å²) in [6, 6.07) is 21.2. The standard InChI is InChI=1S/C18H23NO/c20-14-8-7-13-19-15-18(16-9-3-1-4-10-16)17-11-5-2-6-12-17/h1-6,9-12,18-20H,7-8,13-15H2. The quantitative estimate of drug-likeness (QED) is 0.721. The van der Waals surface area contributed by atoms with Gasteiger partial charge in [-0.1, -0.05) is 60.7 Å². The SMILES string of the molecule is OCCCCNCC(c1ccccc1)c1ccccc1. The Balaban J connectivity index is 2.02. The molecule has 0 aliphatic heterocycles. The Hall–Kier alpha value is -1.64. The van der Waals surface area contributed by atoms with Crippen molar-refractivity contribution in [2.75, 3.05) is 19.7 Å². The lowest BCUT2D eigenvalue weighted by molar-refractivity contribution is 0.283. The molecule has 0 unspecified atom stereocenters. The van der Waals surface area contributed by atoms with Crippen LogP contribution in [-0.4, -0.2) is 24.8 Å². The summed E-state index contributed by atoms with van der Waals surface area (Å²) in [5.41, 5.74) is 2.68. The molecular formula is C18H23NO. The van der Waals surface area contributed by atoms with Crippen molar-refractivity contribution in [2.45, 2.75) is 18.8 Å². The van der Waals surface area contributed by atoms with E-state index in [-0.39, 0.29) is 6.61 Å². The van der Waals surface area contributed by atoms with E-state index in [0.29, 0.717) is 5.92 Å². The highest BCUT2D eigenvalue weighted by Gasteiger charge is 2.12. The highest BCUT2D eigenvalue weighted by atomic mass is 16.2. The van der Waals surface area contributed by atoms with E-state index in [1.165, 1.54) is 11.1 Å². The van der Waals surface area contributed by atoms with Crippen molar-refractivity contribution in [2.24, 2.45) is 0 Å². The maximum Gasteiger partial charge on any atom is 0.0431 e. The van der Waals surface area contributed by atoms with Gasteiger partial charge in [0.15, 0.2) is 0 Å². The number of aliphatic hydroxyl groups is 1. The summed E-state index contributed by atoms with van der Waals surface area (Å²) in [7, 11) is 0. The Kier molecular flexibility index (Phi) is 6.28. The second kappa shape index (κ2) is 8.51. The van der Waals surface area contributed by atoms with Gasteiger partial charge in [0.1, 0.15) is 0 Å². The molecule has 0 amide bonds. The average Bonchev–Trinajstić information content (AvgIpc) is 2.53. The van der Waals surface area contributed by atoms with Gasteiger partial charge in [0.2, 0.25) is 0 Å². The lowest BCUT2D eigenvalue weighted by atomic mass is 9.91. The molecule has 2 aromatic rings. The lowest BCUT2D eigenvalue weighted by Crippen LogP contribution is -2.23. The first-order chi connectivity index (χ1) is 9.92. The van der Waals surface area contributed by atoms with E-state index in [4.69, 9.17) is 5.11 Å². The molecule has 0 saturated heterocycles. The number of hydrogen-bond donors (Lipinski definition) is 2. The van der Waals surface area contributed by atoms with E-state index in [2.05, 4.69) is 66.0 Å². The summed E-state index contributed by atoms with van der Waals surface area (Å²) in [5.74, 6) is 0.381. The van der Waals surface area contributed by atoms with E-state index in [0.717, 1.165) is 25.9 Å². The van der Waals surface area contributed by atoms with Crippen LogP contribution in [0, 0.1) is 0 Å². The lowest BCUT2D eigenvalue weighted by Gasteiger charge is -2.19. The van der Waals surface area contributed by atoms with Crippen LogP contribution < -0.4 is 5.32 Å². The minimum Gasteiger partial charge on any atom is -0.396 e. The topological polar surface area (TPSA) is 32.3 Å². The average molecular weight is 269 g/mol. The third kappa shape index (κ3) is 4.48. The van der Waals surface area contributed by atoms with Gasteiger partial charge in [0.05, 0.1) is 0 Å². The molecule has 0 atom stereocenters.